The summed E-state index contributed by atoms with van der Waals surface area (Å²) >= 11 is 1.53. The van der Waals surface area contributed by atoms with E-state index in [4.69, 9.17) is 9.47 Å². The second-order valence-corrected chi connectivity index (χ2v) is 16.0. The summed E-state index contributed by atoms with van der Waals surface area (Å²) in [5.41, 5.74) is 8.71. The van der Waals surface area contributed by atoms with Gasteiger partial charge >= 0.3 is 6.09 Å². The fraction of sp³-hybridized carbons (Fsp3) is 0.326. The van der Waals surface area contributed by atoms with Gasteiger partial charge in [0, 0.05) is 92.5 Å². The number of anilines is 1. The van der Waals surface area contributed by atoms with E-state index in [9.17, 15) is 9.59 Å². The number of thioether (sulfide) groups is 1. The van der Waals surface area contributed by atoms with Crippen LogP contribution >= 0.6 is 11.8 Å². The number of morpholine rings is 1. The van der Waals surface area contributed by atoms with Crippen molar-refractivity contribution >= 4 is 35.4 Å². The predicted molar refractivity (Wildman–Crippen MR) is 224 cm³/mol. The van der Waals surface area contributed by atoms with Gasteiger partial charge in [-0.2, -0.15) is 0 Å². The first-order valence-corrected chi connectivity index (χ1v) is 20.9. The average molecular weight is 784 g/mol. The molecule has 0 radical (unpaired) electrons. The molecule has 11 heteroatoms. The number of aromatic nitrogens is 1. The molecule has 3 aliphatic rings. The minimum Gasteiger partial charge on any atom is -0.409 e. The monoisotopic (exact) mass is 783 g/mol. The zero-order chi connectivity index (χ0) is 39.6. The third kappa shape index (κ3) is 7.84. The van der Waals surface area contributed by atoms with Crippen LogP contribution in [0.1, 0.15) is 48.7 Å². The number of rotatable bonds is 8. The van der Waals surface area contributed by atoms with E-state index in [1.54, 1.807) is 16.8 Å². The Labute approximate surface area is 339 Å². The lowest BCUT2D eigenvalue weighted by atomic mass is 9.89. The number of para-hydroxylation sites is 2. The van der Waals surface area contributed by atoms with Gasteiger partial charge in [-0.15, -0.1) is 11.8 Å². The molecule has 8 rings (SSSR count). The zero-order valence-corrected chi connectivity index (χ0v) is 33.9. The van der Waals surface area contributed by atoms with E-state index in [2.05, 4.69) is 29.2 Å². The topological polar surface area (TPSA) is 87.6 Å². The number of carbonyl (C=O) groups is 3. The molecule has 3 aliphatic heterocycles. The molecular formula is C46H49N5O5S. The van der Waals surface area contributed by atoms with Crippen LogP contribution < -0.4 is 9.64 Å². The number of nitrogens with zero attached hydrogens (tertiary/aromatic N) is 5. The number of hydrogen-bond donors (Lipinski definition) is 0. The van der Waals surface area contributed by atoms with Gasteiger partial charge < -0.3 is 28.7 Å². The Kier molecular flexibility index (Phi) is 11.2. The molecule has 5 aromatic rings. The van der Waals surface area contributed by atoms with Gasteiger partial charge in [0.15, 0.2) is 0 Å². The van der Waals surface area contributed by atoms with Gasteiger partial charge in [0.2, 0.25) is 0 Å². The highest BCUT2D eigenvalue weighted by Gasteiger charge is 2.35. The Morgan fingerprint density at radius 3 is 2.32 bits per heavy atom. The van der Waals surface area contributed by atoms with Crippen LogP contribution in [0.25, 0.3) is 11.3 Å². The Morgan fingerprint density at radius 2 is 1.54 bits per heavy atom. The van der Waals surface area contributed by atoms with Crippen LogP contribution in [0.5, 0.6) is 5.75 Å². The van der Waals surface area contributed by atoms with Crippen molar-refractivity contribution < 1.29 is 23.9 Å². The first kappa shape index (κ1) is 38.5. The lowest BCUT2D eigenvalue weighted by Gasteiger charge is -2.41. The second-order valence-electron chi connectivity index (χ2n) is 15.1. The number of amides is 3. The second kappa shape index (κ2) is 16.6. The molecular weight excluding hydrogens is 735 g/mol. The first-order valence-electron chi connectivity index (χ1n) is 19.6. The van der Waals surface area contributed by atoms with Crippen LogP contribution in [0, 0.1) is 6.92 Å². The fourth-order valence-electron chi connectivity index (χ4n) is 8.36. The van der Waals surface area contributed by atoms with Crippen LogP contribution in [0.2, 0.25) is 0 Å². The lowest BCUT2D eigenvalue weighted by Crippen LogP contribution is -2.52. The van der Waals surface area contributed by atoms with E-state index in [0.717, 1.165) is 70.3 Å². The molecule has 1 saturated heterocycles. The van der Waals surface area contributed by atoms with Gasteiger partial charge in [0.05, 0.1) is 18.8 Å². The molecule has 0 unspecified atom stereocenters. The zero-order valence-electron chi connectivity index (χ0n) is 33.1. The van der Waals surface area contributed by atoms with E-state index in [1.165, 1.54) is 17.3 Å². The highest BCUT2D eigenvalue weighted by molar-refractivity contribution is 7.98. The van der Waals surface area contributed by atoms with Crippen molar-refractivity contribution in [1.82, 2.24) is 19.3 Å². The molecule has 4 heterocycles. The van der Waals surface area contributed by atoms with Crippen molar-refractivity contribution in [2.45, 2.75) is 43.8 Å². The summed E-state index contributed by atoms with van der Waals surface area (Å²) in [6.07, 6.45) is 2.89. The van der Waals surface area contributed by atoms with Crippen LogP contribution in [-0.4, -0.2) is 95.9 Å². The summed E-state index contributed by atoms with van der Waals surface area (Å²) in [7, 11) is 3.75. The van der Waals surface area contributed by atoms with Gasteiger partial charge in [0.1, 0.15) is 5.75 Å². The molecule has 1 atom stereocenters. The molecule has 294 valence electrons. The lowest BCUT2D eigenvalue weighted by molar-refractivity contribution is 0.0193. The Bertz CT molecular complexity index is 2300. The van der Waals surface area contributed by atoms with Crippen LogP contribution in [-0.2, 0) is 37.7 Å². The maximum absolute atomic E-state index is 15.4. The quantitative estimate of drug-likeness (QED) is 0.151. The van der Waals surface area contributed by atoms with Gasteiger partial charge in [-0.3, -0.25) is 14.5 Å². The van der Waals surface area contributed by atoms with Crippen molar-refractivity contribution in [3.05, 3.63) is 136 Å². The summed E-state index contributed by atoms with van der Waals surface area (Å²) in [5, 5.41) is 0. The smallest absolute Gasteiger partial charge is 0.409 e. The van der Waals surface area contributed by atoms with Crippen LogP contribution in [0.3, 0.4) is 0 Å². The predicted octanol–water partition coefficient (Wildman–Crippen LogP) is 7.46. The summed E-state index contributed by atoms with van der Waals surface area (Å²) in [6, 6.07) is 31.6. The first-order chi connectivity index (χ1) is 27.7. The molecule has 1 aromatic heterocycles. The highest BCUT2D eigenvalue weighted by Crippen LogP contribution is 2.36. The normalized spacial score (nSPS) is 16.8. The number of benzene rings is 4. The number of hydrogen-bond acceptors (Lipinski definition) is 7. The third-order valence-corrected chi connectivity index (χ3v) is 12.6. The fourth-order valence-corrected chi connectivity index (χ4v) is 8.89. The van der Waals surface area contributed by atoms with Crippen molar-refractivity contribution in [2.75, 3.05) is 57.6 Å². The molecule has 0 bridgehead atoms. The minimum atomic E-state index is -0.416. The Hall–Kier alpha value is -5.36. The molecule has 10 nitrogen and oxygen atoms in total. The molecule has 0 aliphatic carbocycles. The average Bonchev–Trinajstić information content (AvgIpc) is 3.55. The van der Waals surface area contributed by atoms with Crippen molar-refractivity contribution in [3.63, 3.8) is 0 Å². The molecule has 1 fully saturated rings. The van der Waals surface area contributed by atoms with E-state index in [1.807, 2.05) is 102 Å². The van der Waals surface area contributed by atoms with E-state index < -0.39 is 6.09 Å². The Morgan fingerprint density at radius 1 is 0.825 bits per heavy atom. The number of carbonyl (C=O) groups excluding carboxylic acids is 3. The molecule has 0 spiro atoms. The Balaban J connectivity index is 1.19. The SMILES string of the molecule is CSc1ccccc1OC(=O)N1CCc2cc(-c3cc(C(=O)N(C)c4ccccc4)c(C)n3C)c(C(=O)N3Cc4ccccc4C[C@H]3CN3CCOCC3)cc2C1. The van der Waals surface area contributed by atoms with Crippen LogP contribution in [0.4, 0.5) is 10.5 Å². The maximum atomic E-state index is 15.4. The molecule has 0 N–H and O–H groups in total. The van der Waals surface area contributed by atoms with E-state index in [-0.39, 0.29) is 17.9 Å². The summed E-state index contributed by atoms with van der Waals surface area (Å²) in [6.45, 7) is 7.00. The summed E-state index contributed by atoms with van der Waals surface area (Å²) in [5.74, 6) is 0.343. The highest BCUT2D eigenvalue weighted by atomic mass is 32.2. The minimum absolute atomic E-state index is 0.0517. The van der Waals surface area contributed by atoms with Gasteiger partial charge in [-0.05, 0) is 90.7 Å². The van der Waals surface area contributed by atoms with Gasteiger partial charge in [0.25, 0.3) is 11.8 Å². The van der Waals surface area contributed by atoms with E-state index >= 15 is 4.79 Å². The van der Waals surface area contributed by atoms with Crippen LogP contribution in [0.15, 0.2) is 102 Å². The largest absolute Gasteiger partial charge is 0.415 e. The molecule has 57 heavy (non-hydrogen) atoms. The van der Waals surface area contributed by atoms with Crippen molar-refractivity contribution in [3.8, 4) is 17.0 Å². The molecule has 4 aromatic carbocycles. The third-order valence-electron chi connectivity index (χ3n) is 11.8. The van der Waals surface area contributed by atoms with Gasteiger partial charge in [-0.25, -0.2) is 4.79 Å². The van der Waals surface area contributed by atoms with Crippen molar-refractivity contribution in [2.24, 2.45) is 7.05 Å². The van der Waals surface area contributed by atoms with Crippen molar-refractivity contribution in [1.29, 1.82) is 0 Å². The number of ether oxygens (including phenoxy) is 2. The molecule has 0 saturated carbocycles. The standard InChI is InChI=1S/C46H49N5O5S/c1-31-38(44(52)48(3)36-14-6-5-7-15-36)27-41(47(31)2)39-25-33-18-19-50(46(54)56-42-16-10-11-17-43(42)57-4)28-35(33)26-40(39)45(53)51-29-34-13-9-8-12-32(34)24-37(51)30-49-20-22-55-23-21-49/h5-17,25-27,37H,18-24,28-30H2,1-4H3/t37-/m0/s1. The summed E-state index contributed by atoms with van der Waals surface area (Å²) in [4.78, 5) is 51.8. The maximum Gasteiger partial charge on any atom is 0.415 e. The number of fused-ring (bicyclic) bond motifs is 2. The van der Waals surface area contributed by atoms with Gasteiger partial charge in [-0.1, -0.05) is 54.6 Å². The van der Waals surface area contributed by atoms with E-state index in [0.29, 0.717) is 56.1 Å². The summed E-state index contributed by atoms with van der Waals surface area (Å²) < 4.78 is 13.6. The molecule has 3 amide bonds.